The van der Waals surface area contributed by atoms with E-state index in [1.54, 1.807) is 0 Å². The van der Waals surface area contributed by atoms with Gasteiger partial charge in [0.1, 0.15) is 22.5 Å². The van der Waals surface area contributed by atoms with Crippen molar-refractivity contribution in [1.82, 2.24) is 30.6 Å². The van der Waals surface area contributed by atoms with Gasteiger partial charge in [0.05, 0.1) is 5.75 Å². The van der Waals surface area contributed by atoms with Crippen molar-refractivity contribution in [2.24, 2.45) is 0 Å². The molecule has 0 spiro atoms. The number of tetrazole rings is 1. The normalized spacial score (nSPS) is 14.1. The molecule has 1 saturated heterocycles. The summed E-state index contributed by atoms with van der Waals surface area (Å²) in [5.41, 5.74) is 1.05. The van der Waals surface area contributed by atoms with Gasteiger partial charge in [-0.15, -0.1) is 10.2 Å². The van der Waals surface area contributed by atoms with Crippen LogP contribution >= 0.6 is 11.8 Å². The Hall–Kier alpha value is -3.39. The predicted octanol–water partition coefficient (Wildman–Crippen LogP) is 0.774. The zero-order valence-corrected chi connectivity index (χ0v) is 15.7. The molecule has 1 aromatic carbocycles. The molecule has 3 aromatic rings. The van der Waals surface area contributed by atoms with Crippen molar-refractivity contribution in [1.29, 1.82) is 5.26 Å². The zero-order valence-electron chi connectivity index (χ0n) is 14.9. The lowest BCUT2D eigenvalue weighted by atomic mass is 10.2. The zero-order chi connectivity index (χ0) is 19.3. The molecule has 1 aliphatic rings. The summed E-state index contributed by atoms with van der Waals surface area (Å²) in [6, 6.07) is 12.4. The second kappa shape index (κ2) is 8.10. The number of thioether (sulfide) groups is 1. The molecule has 3 heterocycles. The standard InChI is InChI=1S/C17H17N9OS/c18-10-13-15(19-17(27)20-16(13)28-11-14-21-23-24-22-14)26-8-6-25(7-9-26)12-4-2-1-3-5-12/h1-5H,6-9,11H2,(H,19,20,27)(H,21,22,23,24). The molecule has 1 fully saturated rings. The maximum atomic E-state index is 12.1. The van der Waals surface area contributed by atoms with E-state index in [-0.39, 0.29) is 0 Å². The molecule has 28 heavy (non-hydrogen) atoms. The fraction of sp³-hybridized carbons (Fsp3) is 0.294. The van der Waals surface area contributed by atoms with Gasteiger partial charge in [0, 0.05) is 31.9 Å². The fourth-order valence-electron chi connectivity index (χ4n) is 3.09. The third-order valence-corrected chi connectivity index (χ3v) is 5.41. The Kier molecular flexibility index (Phi) is 5.20. The number of hydrogen-bond donors (Lipinski definition) is 2. The van der Waals surface area contributed by atoms with E-state index in [2.05, 4.69) is 53.7 Å². The smallest absolute Gasteiger partial charge is 0.347 e. The first kappa shape index (κ1) is 18.0. The summed E-state index contributed by atoms with van der Waals surface area (Å²) >= 11 is 1.24. The Morgan fingerprint density at radius 2 is 1.89 bits per heavy atom. The first-order valence-corrected chi connectivity index (χ1v) is 9.67. The lowest BCUT2D eigenvalue weighted by molar-refractivity contribution is 0.643. The number of nitriles is 1. The van der Waals surface area contributed by atoms with Crippen LogP contribution in [0.3, 0.4) is 0 Å². The summed E-state index contributed by atoms with van der Waals surface area (Å²) in [6.07, 6.45) is 0. The molecule has 0 saturated carbocycles. The van der Waals surface area contributed by atoms with E-state index < -0.39 is 5.69 Å². The van der Waals surface area contributed by atoms with Gasteiger partial charge in [0.25, 0.3) is 0 Å². The molecule has 11 heteroatoms. The van der Waals surface area contributed by atoms with Gasteiger partial charge in [-0.25, -0.2) is 4.79 Å². The van der Waals surface area contributed by atoms with Gasteiger partial charge in [0.2, 0.25) is 0 Å². The summed E-state index contributed by atoms with van der Waals surface area (Å²) in [4.78, 5) is 23.1. The van der Waals surface area contributed by atoms with Crippen LogP contribution in [0, 0.1) is 11.3 Å². The number of benzene rings is 1. The van der Waals surface area contributed by atoms with Crippen molar-refractivity contribution in [2.45, 2.75) is 10.8 Å². The summed E-state index contributed by atoms with van der Waals surface area (Å²) in [7, 11) is 0. The molecule has 2 aromatic heterocycles. The molecule has 2 N–H and O–H groups in total. The van der Waals surface area contributed by atoms with Crippen LogP contribution in [0.25, 0.3) is 0 Å². The van der Waals surface area contributed by atoms with Crippen LogP contribution in [0.1, 0.15) is 11.4 Å². The summed E-state index contributed by atoms with van der Waals surface area (Å²) in [5.74, 6) is 1.36. The number of nitrogens with zero attached hydrogens (tertiary/aromatic N) is 7. The van der Waals surface area contributed by atoms with Gasteiger partial charge in [-0.3, -0.25) is 4.98 Å². The van der Waals surface area contributed by atoms with Gasteiger partial charge < -0.3 is 9.80 Å². The minimum absolute atomic E-state index is 0.362. The average Bonchev–Trinajstić information content (AvgIpc) is 3.26. The van der Waals surface area contributed by atoms with Gasteiger partial charge in [-0.05, 0) is 12.1 Å². The van der Waals surface area contributed by atoms with Gasteiger partial charge >= 0.3 is 5.69 Å². The maximum absolute atomic E-state index is 12.1. The van der Waals surface area contributed by atoms with Crippen molar-refractivity contribution < 1.29 is 0 Å². The molecule has 0 amide bonds. The van der Waals surface area contributed by atoms with Crippen molar-refractivity contribution in [2.75, 3.05) is 36.0 Å². The van der Waals surface area contributed by atoms with Crippen LogP contribution < -0.4 is 15.5 Å². The quantitative estimate of drug-likeness (QED) is 0.475. The number of hydrogen-bond acceptors (Lipinski definition) is 9. The maximum Gasteiger partial charge on any atom is 0.347 e. The van der Waals surface area contributed by atoms with E-state index >= 15 is 0 Å². The monoisotopic (exact) mass is 395 g/mol. The molecular weight excluding hydrogens is 378 g/mol. The van der Waals surface area contributed by atoms with Gasteiger partial charge in [0.15, 0.2) is 5.82 Å². The molecule has 1 aliphatic heterocycles. The fourth-order valence-corrected chi connectivity index (χ4v) is 3.91. The van der Waals surface area contributed by atoms with E-state index in [0.29, 0.717) is 41.1 Å². The molecule has 0 aliphatic carbocycles. The van der Waals surface area contributed by atoms with Crippen LogP contribution in [0.2, 0.25) is 0 Å². The Balaban J connectivity index is 1.53. The second-order valence-corrected chi connectivity index (χ2v) is 7.07. The molecule has 10 nitrogen and oxygen atoms in total. The number of H-pyrrole nitrogens is 2. The van der Waals surface area contributed by atoms with Crippen molar-refractivity contribution in [3.8, 4) is 6.07 Å². The van der Waals surface area contributed by atoms with E-state index in [0.717, 1.165) is 13.1 Å². The summed E-state index contributed by atoms with van der Waals surface area (Å²) in [6.45, 7) is 2.98. The highest BCUT2D eigenvalue weighted by atomic mass is 32.2. The predicted molar refractivity (Wildman–Crippen MR) is 104 cm³/mol. The second-order valence-electron chi connectivity index (χ2n) is 6.11. The summed E-state index contributed by atoms with van der Waals surface area (Å²) < 4.78 is 0. The van der Waals surface area contributed by atoms with Crippen LogP contribution in [0.4, 0.5) is 11.5 Å². The van der Waals surface area contributed by atoms with Crippen molar-refractivity contribution in [3.05, 3.63) is 52.2 Å². The van der Waals surface area contributed by atoms with Crippen molar-refractivity contribution >= 4 is 23.3 Å². The molecule has 4 rings (SSSR count). The van der Waals surface area contributed by atoms with Crippen LogP contribution in [-0.4, -0.2) is 56.8 Å². The first-order valence-electron chi connectivity index (χ1n) is 8.69. The lowest BCUT2D eigenvalue weighted by Crippen LogP contribution is -2.47. The van der Waals surface area contributed by atoms with Crippen molar-refractivity contribution in [3.63, 3.8) is 0 Å². The minimum atomic E-state index is -0.477. The molecule has 142 valence electrons. The number of nitrogens with one attached hydrogen (secondary N) is 2. The minimum Gasteiger partial charge on any atom is -0.368 e. The Bertz CT molecular complexity index is 1020. The largest absolute Gasteiger partial charge is 0.368 e. The van der Waals surface area contributed by atoms with Gasteiger partial charge in [-0.1, -0.05) is 35.2 Å². The number of piperazine rings is 1. The molecule has 0 atom stereocenters. The van der Waals surface area contributed by atoms with Crippen LogP contribution in [0.5, 0.6) is 0 Å². The Morgan fingerprint density at radius 1 is 1.14 bits per heavy atom. The van der Waals surface area contributed by atoms with E-state index in [9.17, 15) is 10.1 Å². The Labute approximate surface area is 164 Å². The van der Waals surface area contributed by atoms with E-state index in [1.807, 2.05) is 23.1 Å². The molecule has 0 radical (unpaired) electrons. The molecular formula is C17H17N9OS. The van der Waals surface area contributed by atoms with Gasteiger partial charge in [-0.2, -0.15) is 15.5 Å². The first-order chi connectivity index (χ1) is 13.7. The topological polar surface area (TPSA) is 130 Å². The molecule has 0 bridgehead atoms. The SMILES string of the molecule is N#Cc1c(SCc2nn[nH]n2)nc(=O)[nH]c1N1CCN(c2ccccc2)CC1. The van der Waals surface area contributed by atoms with Crippen LogP contribution in [0.15, 0.2) is 40.2 Å². The lowest BCUT2D eigenvalue weighted by Gasteiger charge is -2.37. The third-order valence-electron chi connectivity index (χ3n) is 4.44. The Morgan fingerprint density at radius 3 is 2.57 bits per heavy atom. The molecule has 0 unspecified atom stereocenters. The number of para-hydroxylation sites is 1. The highest BCUT2D eigenvalue weighted by Crippen LogP contribution is 2.28. The number of aromatic nitrogens is 6. The van der Waals surface area contributed by atoms with E-state index in [1.165, 1.54) is 17.4 Å². The number of aromatic amines is 2. The highest BCUT2D eigenvalue weighted by molar-refractivity contribution is 7.98. The van der Waals surface area contributed by atoms with E-state index in [4.69, 9.17) is 0 Å². The number of anilines is 2. The third kappa shape index (κ3) is 3.81. The highest BCUT2D eigenvalue weighted by Gasteiger charge is 2.23. The number of rotatable bonds is 5. The average molecular weight is 395 g/mol. The summed E-state index contributed by atoms with van der Waals surface area (Å²) in [5, 5.41) is 23.7. The van der Waals surface area contributed by atoms with Crippen LogP contribution in [-0.2, 0) is 5.75 Å².